The Hall–Kier alpha value is -3.23. The summed E-state index contributed by atoms with van der Waals surface area (Å²) >= 11 is 0. The monoisotopic (exact) mass is 494 g/mol. The maximum absolute atomic E-state index is 13.5. The second-order valence-corrected chi connectivity index (χ2v) is 10.7. The number of hydrogen-bond donors (Lipinski definition) is 1. The van der Waals surface area contributed by atoms with E-state index in [0.29, 0.717) is 28.6 Å². The SMILES string of the molecule is CCOC(=O)CC(C)NS(=O)(=O)c1ccc2c3c(cc(-c4cc(C)cc(C)c4)cc13)C(=O)N2CC. The molecule has 0 radical (unpaired) electrons. The Morgan fingerprint density at radius 3 is 2.31 bits per heavy atom. The summed E-state index contributed by atoms with van der Waals surface area (Å²) in [6.45, 7) is 9.93. The molecule has 1 heterocycles. The van der Waals surface area contributed by atoms with Crippen molar-refractivity contribution >= 4 is 38.4 Å². The number of aryl methyl sites for hydroxylation is 2. The van der Waals surface area contributed by atoms with E-state index in [9.17, 15) is 18.0 Å². The van der Waals surface area contributed by atoms with Crippen LogP contribution in [0.25, 0.3) is 21.9 Å². The molecule has 0 saturated carbocycles. The fourth-order valence-corrected chi connectivity index (χ4v) is 6.22. The molecule has 0 spiro atoms. The van der Waals surface area contributed by atoms with Gasteiger partial charge in [-0.25, -0.2) is 13.1 Å². The number of nitrogens with one attached hydrogen (secondary N) is 1. The van der Waals surface area contributed by atoms with E-state index < -0.39 is 22.0 Å². The lowest BCUT2D eigenvalue weighted by Gasteiger charge is -2.17. The van der Waals surface area contributed by atoms with Gasteiger partial charge in [0, 0.05) is 23.4 Å². The second-order valence-electron chi connectivity index (χ2n) is 8.99. The van der Waals surface area contributed by atoms with Crippen LogP contribution in [-0.4, -0.2) is 39.5 Å². The van der Waals surface area contributed by atoms with Crippen LogP contribution >= 0.6 is 0 Å². The highest BCUT2D eigenvalue weighted by atomic mass is 32.2. The summed E-state index contributed by atoms with van der Waals surface area (Å²) in [5.74, 6) is -0.610. The van der Waals surface area contributed by atoms with Crippen LogP contribution in [0.2, 0.25) is 0 Å². The topological polar surface area (TPSA) is 92.8 Å². The molecule has 35 heavy (non-hydrogen) atoms. The van der Waals surface area contributed by atoms with Gasteiger partial charge in [-0.1, -0.05) is 29.3 Å². The van der Waals surface area contributed by atoms with Gasteiger partial charge in [-0.2, -0.15) is 0 Å². The minimum atomic E-state index is -4.00. The number of benzene rings is 3. The largest absolute Gasteiger partial charge is 0.466 e. The minimum absolute atomic E-state index is 0.0742. The summed E-state index contributed by atoms with van der Waals surface area (Å²) in [7, 11) is -4.00. The molecule has 1 amide bonds. The van der Waals surface area contributed by atoms with Crippen LogP contribution in [0.3, 0.4) is 0 Å². The summed E-state index contributed by atoms with van der Waals surface area (Å²) in [5, 5.41) is 1.11. The summed E-state index contributed by atoms with van der Waals surface area (Å²) in [4.78, 5) is 26.8. The van der Waals surface area contributed by atoms with Crippen molar-refractivity contribution in [2.75, 3.05) is 18.1 Å². The number of ether oxygens (including phenoxy) is 1. The fourth-order valence-electron chi connectivity index (χ4n) is 4.78. The number of sulfonamides is 1. The van der Waals surface area contributed by atoms with Gasteiger partial charge in [0.15, 0.2) is 0 Å². The minimum Gasteiger partial charge on any atom is -0.466 e. The number of carbonyl (C=O) groups is 2. The van der Waals surface area contributed by atoms with Gasteiger partial charge < -0.3 is 9.64 Å². The van der Waals surface area contributed by atoms with Gasteiger partial charge >= 0.3 is 5.97 Å². The fraction of sp³-hybridized carbons (Fsp3) is 0.333. The van der Waals surface area contributed by atoms with Gasteiger partial charge in [0.1, 0.15) is 0 Å². The molecule has 1 N–H and O–H groups in total. The maximum atomic E-state index is 13.5. The maximum Gasteiger partial charge on any atom is 0.307 e. The Labute approximate surface area is 206 Å². The lowest BCUT2D eigenvalue weighted by Crippen LogP contribution is -2.34. The zero-order chi connectivity index (χ0) is 25.5. The van der Waals surface area contributed by atoms with Gasteiger partial charge in [0.2, 0.25) is 10.0 Å². The molecule has 1 atom stereocenters. The lowest BCUT2D eigenvalue weighted by atomic mass is 9.95. The van der Waals surface area contributed by atoms with E-state index in [1.54, 1.807) is 24.8 Å². The summed E-state index contributed by atoms with van der Waals surface area (Å²) in [5.41, 5.74) is 5.04. The van der Waals surface area contributed by atoms with Crippen LogP contribution < -0.4 is 9.62 Å². The predicted octanol–water partition coefficient (Wildman–Crippen LogP) is 4.72. The molecule has 8 heteroatoms. The van der Waals surface area contributed by atoms with Crippen LogP contribution in [-0.2, 0) is 19.6 Å². The first kappa shape index (κ1) is 24.9. The molecule has 0 aliphatic carbocycles. The van der Waals surface area contributed by atoms with Crippen molar-refractivity contribution < 1.29 is 22.7 Å². The predicted molar refractivity (Wildman–Crippen MR) is 137 cm³/mol. The first-order valence-corrected chi connectivity index (χ1v) is 13.2. The Bertz CT molecular complexity index is 1430. The molecule has 0 fully saturated rings. The Morgan fingerprint density at radius 1 is 1.03 bits per heavy atom. The summed E-state index contributed by atoms with van der Waals surface area (Å²) in [6, 6.07) is 12.4. The number of nitrogens with zero attached hydrogens (tertiary/aromatic N) is 1. The van der Waals surface area contributed by atoms with E-state index in [0.717, 1.165) is 22.3 Å². The molecule has 0 saturated heterocycles. The molecule has 0 aromatic heterocycles. The van der Waals surface area contributed by atoms with E-state index in [1.165, 1.54) is 6.07 Å². The highest BCUT2D eigenvalue weighted by Crippen LogP contribution is 2.42. The standard InChI is InChI=1S/C27H30N2O5S/c1-6-29-23-8-9-24(35(32,33)28-18(5)13-25(30)34-7-2)21-14-20(15-22(26(21)23)27(29)31)19-11-16(3)10-17(4)12-19/h8-12,14-15,18,28H,6-7,13H2,1-5H3. The normalized spacial score (nSPS) is 14.0. The smallest absolute Gasteiger partial charge is 0.307 e. The van der Waals surface area contributed by atoms with Crippen LogP contribution in [0.5, 0.6) is 0 Å². The van der Waals surface area contributed by atoms with Crippen molar-refractivity contribution in [3.8, 4) is 11.1 Å². The molecular weight excluding hydrogens is 464 g/mol. The highest BCUT2D eigenvalue weighted by molar-refractivity contribution is 7.89. The van der Waals surface area contributed by atoms with Crippen molar-refractivity contribution in [3.05, 3.63) is 59.2 Å². The highest BCUT2D eigenvalue weighted by Gasteiger charge is 2.33. The first-order valence-electron chi connectivity index (χ1n) is 11.7. The molecule has 3 aromatic rings. The Balaban J connectivity index is 1.88. The number of rotatable bonds is 8. The quantitative estimate of drug-likeness (QED) is 0.457. The average molecular weight is 495 g/mol. The number of esters is 1. The van der Waals surface area contributed by atoms with Gasteiger partial charge in [-0.05, 0) is 70.0 Å². The van der Waals surface area contributed by atoms with E-state index in [4.69, 9.17) is 4.74 Å². The Morgan fingerprint density at radius 2 is 1.69 bits per heavy atom. The van der Waals surface area contributed by atoms with Crippen molar-refractivity contribution in [1.29, 1.82) is 0 Å². The third-order valence-corrected chi connectivity index (χ3v) is 7.76. The summed E-state index contributed by atoms with van der Waals surface area (Å²) < 4.78 is 34.5. The number of hydrogen-bond acceptors (Lipinski definition) is 5. The van der Waals surface area contributed by atoms with Gasteiger partial charge in [0.05, 0.1) is 29.2 Å². The van der Waals surface area contributed by atoms with E-state index in [-0.39, 0.29) is 23.8 Å². The molecule has 7 nitrogen and oxygen atoms in total. The van der Waals surface area contributed by atoms with E-state index in [1.807, 2.05) is 45.0 Å². The van der Waals surface area contributed by atoms with Gasteiger partial charge in [0.25, 0.3) is 5.91 Å². The second kappa shape index (κ2) is 9.43. The van der Waals surface area contributed by atoms with Crippen molar-refractivity contribution in [2.45, 2.75) is 52.0 Å². The first-order chi connectivity index (χ1) is 16.6. The molecule has 0 bridgehead atoms. The zero-order valence-electron chi connectivity index (χ0n) is 20.6. The molecule has 4 rings (SSSR count). The number of carbonyl (C=O) groups excluding carboxylic acids is 2. The number of anilines is 1. The van der Waals surface area contributed by atoms with Crippen LogP contribution in [0.4, 0.5) is 5.69 Å². The molecule has 3 aromatic carbocycles. The number of amides is 1. The van der Waals surface area contributed by atoms with Crippen LogP contribution in [0.15, 0.2) is 47.4 Å². The Kier molecular flexibility index (Phi) is 6.71. The molecule has 1 unspecified atom stereocenters. The van der Waals surface area contributed by atoms with Gasteiger partial charge in [-0.3, -0.25) is 9.59 Å². The van der Waals surface area contributed by atoms with Gasteiger partial charge in [-0.15, -0.1) is 0 Å². The molecule has 1 aliphatic rings. The molecular formula is C27H30N2O5S. The summed E-state index contributed by atoms with van der Waals surface area (Å²) in [6.07, 6.45) is -0.0791. The third-order valence-electron chi connectivity index (χ3n) is 6.11. The molecule has 184 valence electrons. The van der Waals surface area contributed by atoms with Crippen molar-refractivity contribution in [3.63, 3.8) is 0 Å². The van der Waals surface area contributed by atoms with Crippen LogP contribution in [0.1, 0.15) is 48.7 Å². The van der Waals surface area contributed by atoms with Crippen molar-refractivity contribution in [2.24, 2.45) is 0 Å². The average Bonchev–Trinajstić information content (AvgIpc) is 3.04. The zero-order valence-corrected chi connectivity index (χ0v) is 21.5. The lowest BCUT2D eigenvalue weighted by molar-refractivity contribution is -0.143. The van der Waals surface area contributed by atoms with Crippen molar-refractivity contribution in [1.82, 2.24) is 4.72 Å². The molecule has 1 aliphatic heterocycles. The van der Waals surface area contributed by atoms with E-state index >= 15 is 0 Å². The van der Waals surface area contributed by atoms with Crippen LogP contribution in [0, 0.1) is 13.8 Å². The van der Waals surface area contributed by atoms with E-state index in [2.05, 4.69) is 10.8 Å². The third kappa shape index (κ3) is 4.68.